The number of nitrogens with one attached hydrogen (secondary N) is 1. The summed E-state index contributed by atoms with van der Waals surface area (Å²) in [7, 11) is 0. The highest BCUT2D eigenvalue weighted by Gasteiger charge is 2.15. The molecule has 3 rings (SSSR count). The Hall–Kier alpha value is -2.56. The van der Waals surface area contributed by atoms with Gasteiger partial charge in [0.15, 0.2) is 6.10 Å². The highest BCUT2D eigenvalue weighted by atomic mass is 16.5. The first-order chi connectivity index (χ1) is 12.1. The van der Waals surface area contributed by atoms with E-state index < -0.39 is 11.7 Å². The Morgan fingerprint density at radius 3 is 2.92 bits per heavy atom. The third-order valence-electron chi connectivity index (χ3n) is 4.41. The van der Waals surface area contributed by atoms with Crippen molar-refractivity contribution in [2.45, 2.75) is 45.1 Å². The molecule has 0 saturated carbocycles. The third-order valence-corrected chi connectivity index (χ3v) is 4.41. The van der Waals surface area contributed by atoms with Gasteiger partial charge in [0.1, 0.15) is 11.3 Å². The molecule has 5 nitrogen and oxygen atoms in total. The van der Waals surface area contributed by atoms with Crippen LogP contribution in [0.5, 0.6) is 5.75 Å². The SMILES string of the molecule is C[C@H](Oc1ccc2ccc(=O)oc2c1)C(=O)NCCC1=CCCCC1. The van der Waals surface area contributed by atoms with E-state index in [9.17, 15) is 9.59 Å². The van der Waals surface area contributed by atoms with Crippen LogP contribution in [0.1, 0.15) is 39.0 Å². The van der Waals surface area contributed by atoms with Gasteiger partial charge in [-0.05, 0) is 57.2 Å². The van der Waals surface area contributed by atoms with Crippen LogP contribution >= 0.6 is 0 Å². The Bertz CT molecular complexity index is 837. The van der Waals surface area contributed by atoms with Gasteiger partial charge in [-0.3, -0.25) is 4.79 Å². The van der Waals surface area contributed by atoms with Gasteiger partial charge in [-0.2, -0.15) is 0 Å². The summed E-state index contributed by atoms with van der Waals surface area (Å²) in [6.07, 6.45) is 7.39. The molecule has 1 N–H and O–H groups in total. The predicted octanol–water partition coefficient (Wildman–Crippen LogP) is 3.57. The molecule has 0 bridgehead atoms. The lowest BCUT2D eigenvalue weighted by Crippen LogP contribution is -2.36. The molecule has 1 atom stereocenters. The minimum Gasteiger partial charge on any atom is -0.481 e. The van der Waals surface area contributed by atoms with Gasteiger partial charge in [0.25, 0.3) is 5.91 Å². The maximum absolute atomic E-state index is 12.2. The monoisotopic (exact) mass is 341 g/mol. The molecule has 132 valence electrons. The largest absolute Gasteiger partial charge is 0.481 e. The minimum atomic E-state index is -0.617. The molecular formula is C20H23NO4. The fourth-order valence-corrected chi connectivity index (χ4v) is 2.99. The lowest BCUT2D eigenvalue weighted by Gasteiger charge is -2.16. The van der Waals surface area contributed by atoms with E-state index in [-0.39, 0.29) is 5.91 Å². The molecule has 0 saturated heterocycles. The summed E-state index contributed by atoms with van der Waals surface area (Å²) in [5, 5.41) is 3.73. The summed E-state index contributed by atoms with van der Waals surface area (Å²) in [4.78, 5) is 23.5. The first-order valence-corrected chi connectivity index (χ1v) is 8.78. The smallest absolute Gasteiger partial charge is 0.336 e. The zero-order chi connectivity index (χ0) is 17.6. The van der Waals surface area contributed by atoms with E-state index in [1.807, 2.05) is 0 Å². The minimum absolute atomic E-state index is 0.147. The quantitative estimate of drug-likeness (QED) is 0.644. The van der Waals surface area contributed by atoms with E-state index in [0.29, 0.717) is 17.9 Å². The number of hydrogen-bond donors (Lipinski definition) is 1. The summed E-state index contributed by atoms with van der Waals surface area (Å²) in [6, 6.07) is 8.27. The second kappa shape index (κ2) is 8.01. The van der Waals surface area contributed by atoms with Crippen LogP contribution in [-0.4, -0.2) is 18.6 Å². The molecule has 1 heterocycles. The Kier molecular flexibility index (Phi) is 5.53. The molecule has 1 amide bonds. The number of benzene rings is 1. The number of ether oxygens (including phenoxy) is 1. The molecule has 1 aromatic heterocycles. The van der Waals surface area contributed by atoms with Crippen molar-refractivity contribution < 1.29 is 13.9 Å². The fourth-order valence-electron chi connectivity index (χ4n) is 2.99. The van der Waals surface area contributed by atoms with Crippen LogP contribution in [0.2, 0.25) is 0 Å². The lowest BCUT2D eigenvalue weighted by atomic mass is 9.97. The second-order valence-electron chi connectivity index (χ2n) is 6.36. The van der Waals surface area contributed by atoms with Crippen LogP contribution < -0.4 is 15.7 Å². The molecule has 1 aliphatic carbocycles. The van der Waals surface area contributed by atoms with Crippen LogP contribution in [-0.2, 0) is 4.79 Å². The number of amides is 1. The molecule has 0 fully saturated rings. The summed E-state index contributed by atoms with van der Waals surface area (Å²) in [5.74, 6) is 0.352. The molecule has 25 heavy (non-hydrogen) atoms. The lowest BCUT2D eigenvalue weighted by molar-refractivity contribution is -0.127. The standard InChI is InChI=1S/C20H23NO4/c1-14(20(23)21-12-11-15-5-3-2-4-6-15)24-17-9-7-16-8-10-19(22)25-18(16)13-17/h5,7-10,13-14H,2-4,6,11-12H2,1H3,(H,21,23)/t14-/m0/s1. The van der Waals surface area contributed by atoms with Gasteiger partial charge in [0.2, 0.25) is 0 Å². The van der Waals surface area contributed by atoms with E-state index in [1.54, 1.807) is 31.2 Å². The van der Waals surface area contributed by atoms with Crippen molar-refractivity contribution in [1.29, 1.82) is 0 Å². The molecule has 0 aliphatic heterocycles. The van der Waals surface area contributed by atoms with Gasteiger partial charge in [0.05, 0.1) is 0 Å². The van der Waals surface area contributed by atoms with E-state index in [2.05, 4.69) is 11.4 Å². The van der Waals surface area contributed by atoms with Gasteiger partial charge in [-0.25, -0.2) is 4.79 Å². The molecule has 0 spiro atoms. The number of hydrogen-bond acceptors (Lipinski definition) is 4. The predicted molar refractivity (Wildman–Crippen MR) is 96.8 cm³/mol. The van der Waals surface area contributed by atoms with Crippen molar-refractivity contribution in [3.63, 3.8) is 0 Å². The van der Waals surface area contributed by atoms with Crippen LogP contribution in [0, 0.1) is 0 Å². The number of fused-ring (bicyclic) bond motifs is 1. The van der Waals surface area contributed by atoms with Gasteiger partial charge in [-0.15, -0.1) is 0 Å². The van der Waals surface area contributed by atoms with E-state index >= 15 is 0 Å². The molecule has 1 aromatic carbocycles. The topological polar surface area (TPSA) is 68.5 Å². The second-order valence-corrected chi connectivity index (χ2v) is 6.36. The third kappa shape index (κ3) is 4.72. The molecule has 2 aromatic rings. The zero-order valence-corrected chi connectivity index (χ0v) is 14.4. The Morgan fingerprint density at radius 2 is 2.12 bits per heavy atom. The molecular weight excluding hydrogens is 318 g/mol. The average molecular weight is 341 g/mol. The Balaban J connectivity index is 1.53. The molecule has 0 radical (unpaired) electrons. The van der Waals surface area contributed by atoms with Crippen LogP contribution in [0.15, 0.2) is 51.2 Å². The maximum Gasteiger partial charge on any atom is 0.336 e. The fraction of sp³-hybridized carbons (Fsp3) is 0.400. The van der Waals surface area contributed by atoms with Crippen molar-refractivity contribution in [3.8, 4) is 5.75 Å². The van der Waals surface area contributed by atoms with Crippen molar-refractivity contribution in [2.75, 3.05) is 6.54 Å². The first kappa shape index (κ1) is 17.3. The summed E-state index contributed by atoms with van der Waals surface area (Å²) >= 11 is 0. The van der Waals surface area contributed by atoms with Crippen LogP contribution in [0.4, 0.5) is 0 Å². The summed E-state index contributed by atoms with van der Waals surface area (Å²) in [6.45, 7) is 2.34. The molecule has 1 aliphatic rings. The Labute approximate surface area is 146 Å². The summed E-state index contributed by atoms with van der Waals surface area (Å²) < 4.78 is 10.8. The van der Waals surface area contributed by atoms with E-state index in [1.165, 1.54) is 24.5 Å². The van der Waals surface area contributed by atoms with Gasteiger partial charge in [-0.1, -0.05) is 11.6 Å². The van der Waals surface area contributed by atoms with Crippen LogP contribution in [0.25, 0.3) is 11.0 Å². The van der Waals surface area contributed by atoms with E-state index in [4.69, 9.17) is 9.15 Å². The maximum atomic E-state index is 12.2. The van der Waals surface area contributed by atoms with E-state index in [0.717, 1.165) is 24.6 Å². The highest BCUT2D eigenvalue weighted by Crippen LogP contribution is 2.21. The summed E-state index contributed by atoms with van der Waals surface area (Å²) in [5.41, 5.74) is 1.47. The normalized spacial score (nSPS) is 15.5. The van der Waals surface area contributed by atoms with Gasteiger partial charge < -0.3 is 14.5 Å². The van der Waals surface area contributed by atoms with Crippen molar-refractivity contribution in [3.05, 3.63) is 52.4 Å². The number of allylic oxidation sites excluding steroid dienone is 1. The molecule has 5 heteroatoms. The first-order valence-electron chi connectivity index (χ1n) is 8.78. The highest BCUT2D eigenvalue weighted by molar-refractivity contribution is 5.81. The van der Waals surface area contributed by atoms with Gasteiger partial charge >= 0.3 is 5.63 Å². The van der Waals surface area contributed by atoms with Crippen molar-refractivity contribution in [1.82, 2.24) is 5.32 Å². The number of rotatable bonds is 6. The van der Waals surface area contributed by atoms with Crippen molar-refractivity contribution in [2.24, 2.45) is 0 Å². The van der Waals surface area contributed by atoms with Gasteiger partial charge in [0, 0.05) is 24.1 Å². The molecule has 0 unspecified atom stereocenters. The van der Waals surface area contributed by atoms with Crippen LogP contribution in [0.3, 0.4) is 0 Å². The average Bonchev–Trinajstić information content (AvgIpc) is 2.62. The number of carbonyl (C=O) groups is 1. The number of carbonyl (C=O) groups excluding carboxylic acids is 1. The van der Waals surface area contributed by atoms with Crippen molar-refractivity contribution >= 4 is 16.9 Å². The zero-order valence-electron chi connectivity index (χ0n) is 14.4. The Morgan fingerprint density at radius 1 is 1.28 bits per heavy atom.